The summed E-state index contributed by atoms with van der Waals surface area (Å²) >= 11 is 0. The first-order valence-electron chi connectivity index (χ1n) is 5.56. The van der Waals surface area contributed by atoms with Crippen molar-refractivity contribution in [3.8, 4) is 11.3 Å². The number of nitrogens with two attached hydrogens (primary N) is 1. The van der Waals surface area contributed by atoms with Gasteiger partial charge in [-0.25, -0.2) is 0 Å². The lowest BCUT2D eigenvalue weighted by molar-refractivity contribution is 0.149. The Bertz CT molecular complexity index is 468. The Morgan fingerprint density at radius 3 is 3.00 bits per heavy atom. The number of ether oxygens (including phenoxy) is 1. The molecule has 2 heterocycles. The highest BCUT2D eigenvalue weighted by Crippen LogP contribution is 2.28. The number of nitrogens with zero attached hydrogens (tertiary/aromatic N) is 2. The SMILES string of the molecule is CCOCCc1noc(N)c1-c1ccccn1. The summed E-state index contributed by atoms with van der Waals surface area (Å²) < 4.78 is 10.3. The first-order valence-corrected chi connectivity index (χ1v) is 5.56. The van der Waals surface area contributed by atoms with Gasteiger partial charge < -0.3 is 15.0 Å². The lowest BCUT2D eigenvalue weighted by atomic mass is 10.1. The van der Waals surface area contributed by atoms with Gasteiger partial charge in [0.2, 0.25) is 5.88 Å². The van der Waals surface area contributed by atoms with Crippen LogP contribution in [0.5, 0.6) is 0 Å². The minimum atomic E-state index is 0.301. The lowest BCUT2D eigenvalue weighted by Gasteiger charge is -2.01. The van der Waals surface area contributed by atoms with Crippen molar-refractivity contribution in [2.24, 2.45) is 0 Å². The van der Waals surface area contributed by atoms with Gasteiger partial charge in [0, 0.05) is 19.2 Å². The Kier molecular flexibility index (Phi) is 3.72. The van der Waals surface area contributed by atoms with Crippen LogP contribution in [0.2, 0.25) is 0 Å². The summed E-state index contributed by atoms with van der Waals surface area (Å²) in [6.45, 7) is 3.24. The normalized spacial score (nSPS) is 10.6. The molecule has 0 bridgehead atoms. The highest BCUT2D eigenvalue weighted by atomic mass is 16.5. The molecule has 0 unspecified atom stereocenters. The summed E-state index contributed by atoms with van der Waals surface area (Å²) in [5.41, 5.74) is 8.10. The molecule has 0 aliphatic rings. The molecule has 0 amide bonds. The minimum Gasteiger partial charge on any atom is -0.381 e. The number of anilines is 1. The van der Waals surface area contributed by atoms with Crippen LogP contribution in [0.15, 0.2) is 28.9 Å². The number of hydrogen-bond donors (Lipinski definition) is 1. The van der Waals surface area contributed by atoms with Gasteiger partial charge in [-0.15, -0.1) is 0 Å². The smallest absolute Gasteiger partial charge is 0.231 e. The molecule has 2 aromatic rings. The number of hydrogen-bond acceptors (Lipinski definition) is 5. The van der Waals surface area contributed by atoms with E-state index in [0.717, 1.165) is 17.0 Å². The van der Waals surface area contributed by atoms with Crippen LogP contribution >= 0.6 is 0 Å². The van der Waals surface area contributed by atoms with E-state index in [0.29, 0.717) is 25.5 Å². The third-order valence-corrected chi connectivity index (χ3v) is 2.40. The maximum atomic E-state index is 5.77. The third kappa shape index (κ3) is 2.62. The molecule has 0 atom stereocenters. The highest BCUT2D eigenvalue weighted by molar-refractivity contribution is 5.71. The predicted molar refractivity (Wildman–Crippen MR) is 64.3 cm³/mol. The van der Waals surface area contributed by atoms with Crippen molar-refractivity contribution in [1.29, 1.82) is 0 Å². The van der Waals surface area contributed by atoms with Gasteiger partial charge in [0.05, 0.1) is 23.6 Å². The highest BCUT2D eigenvalue weighted by Gasteiger charge is 2.16. The van der Waals surface area contributed by atoms with Gasteiger partial charge in [0.15, 0.2) is 0 Å². The van der Waals surface area contributed by atoms with E-state index >= 15 is 0 Å². The summed E-state index contributed by atoms with van der Waals surface area (Å²) in [6, 6.07) is 5.64. The zero-order chi connectivity index (χ0) is 12.1. The van der Waals surface area contributed by atoms with E-state index in [2.05, 4.69) is 10.1 Å². The summed E-state index contributed by atoms with van der Waals surface area (Å²) in [7, 11) is 0. The molecule has 2 aromatic heterocycles. The van der Waals surface area contributed by atoms with Crippen LogP contribution in [0, 0.1) is 0 Å². The lowest BCUT2D eigenvalue weighted by Crippen LogP contribution is -2.00. The average Bonchev–Trinajstić information content (AvgIpc) is 2.72. The third-order valence-electron chi connectivity index (χ3n) is 2.40. The van der Waals surface area contributed by atoms with Crippen molar-refractivity contribution < 1.29 is 9.26 Å². The summed E-state index contributed by atoms with van der Waals surface area (Å²) in [4.78, 5) is 4.25. The summed E-state index contributed by atoms with van der Waals surface area (Å²) in [5, 5.41) is 3.94. The molecule has 2 rings (SSSR count). The van der Waals surface area contributed by atoms with Gasteiger partial charge in [-0.1, -0.05) is 11.2 Å². The monoisotopic (exact) mass is 233 g/mol. The van der Waals surface area contributed by atoms with Crippen LogP contribution in [0.3, 0.4) is 0 Å². The number of rotatable bonds is 5. The van der Waals surface area contributed by atoms with E-state index in [1.165, 1.54) is 0 Å². The second-order valence-corrected chi connectivity index (χ2v) is 3.53. The van der Waals surface area contributed by atoms with Crippen molar-refractivity contribution >= 4 is 5.88 Å². The molecule has 0 radical (unpaired) electrons. The Morgan fingerprint density at radius 2 is 2.29 bits per heavy atom. The van der Waals surface area contributed by atoms with Crippen molar-refractivity contribution in [3.05, 3.63) is 30.1 Å². The Hall–Kier alpha value is -1.88. The largest absolute Gasteiger partial charge is 0.381 e. The van der Waals surface area contributed by atoms with E-state index < -0.39 is 0 Å². The molecule has 0 spiro atoms. The fourth-order valence-electron chi connectivity index (χ4n) is 1.61. The minimum absolute atomic E-state index is 0.301. The quantitative estimate of drug-likeness (QED) is 0.798. The van der Waals surface area contributed by atoms with E-state index in [4.69, 9.17) is 15.0 Å². The van der Waals surface area contributed by atoms with Crippen LogP contribution in [0.25, 0.3) is 11.3 Å². The molecule has 5 nitrogen and oxygen atoms in total. The zero-order valence-corrected chi connectivity index (χ0v) is 9.72. The molecule has 0 saturated heterocycles. The fraction of sp³-hybridized carbons (Fsp3) is 0.333. The standard InChI is InChI=1S/C12H15N3O2/c1-2-16-8-6-10-11(12(13)17-15-10)9-5-3-4-7-14-9/h3-5,7H,2,6,8,13H2,1H3. The molecule has 5 heteroatoms. The maximum absolute atomic E-state index is 5.77. The first-order chi connectivity index (χ1) is 8.33. The van der Waals surface area contributed by atoms with Gasteiger partial charge >= 0.3 is 0 Å². The molecular weight excluding hydrogens is 218 g/mol. The van der Waals surface area contributed by atoms with Crippen LogP contribution < -0.4 is 5.73 Å². The van der Waals surface area contributed by atoms with Crippen molar-refractivity contribution in [2.75, 3.05) is 18.9 Å². The summed E-state index contributed by atoms with van der Waals surface area (Å²) in [6.07, 6.45) is 2.38. The molecule has 0 fully saturated rings. The molecule has 0 aliphatic heterocycles. The van der Waals surface area contributed by atoms with Gasteiger partial charge in [-0.05, 0) is 19.1 Å². The van der Waals surface area contributed by atoms with Crippen LogP contribution in [-0.4, -0.2) is 23.4 Å². The second kappa shape index (κ2) is 5.45. The molecule has 0 aliphatic carbocycles. The number of nitrogen functional groups attached to an aromatic ring is 1. The number of pyridine rings is 1. The van der Waals surface area contributed by atoms with Gasteiger partial charge in [-0.3, -0.25) is 4.98 Å². The topological polar surface area (TPSA) is 74.2 Å². The summed E-state index contributed by atoms with van der Waals surface area (Å²) in [5.74, 6) is 0.301. The van der Waals surface area contributed by atoms with E-state index in [1.807, 2.05) is 25.1 Å². The molecule has 90 valence electrons. The Labute approximate surface area is 99.6 Å². The first kappa shape index (κ1) is 11.6. The fourth-order valence-corrected chi connectivity index (χ4v) is 1.61. The van der Waals surface area contributed by atoms with Gasteiger partial charge in [0.25, 0.3) is 0 Å². The Balaban J connectivity index is 2.24. The van der Waals surface area contributed by atoms with E-state index in [1.54, 1.807) is 6.20 Å². The predicted octanol–water partition coefficient (Wildman–Crippen LogP) is 1.90. The van der Waals surface area contributed by atoms with Crippen molar-refractivity contribution in [2.45, 2.75) is 13.3 Å². The maximum Gasteiger partial charge on any atom is 0.231 e. The zero-order valence-electron chi connectivity index (χ0n) is 9.72. The molecule has 17 heavy (non-hydrogen) atoms. The molecule has 0 aromatic carbocycles. The van der Waals surface area contributed by atoms with Crippen LogP contribution in [0.1, 0.15) is 12.6 Å². The van der Waals surface area contributed by atoms with E-state index in [9.17, 15) is 0 Å². The van der Waals surface area contributed by atoms with Gasteiger partial charge in [0.1, 0.15) is 0 Å². The number of aromatic nitrogens is 2. The van der Waals surface area contributed by atoms with Crippen LogP contribution in [-0.2, 0) is 11.2 Å². The molecule has 2 N–H and O–H groups in total. The van der Waals surface area contributed by atoms with Gasteiger partial charge in [-0.2, -0.15) is 0 Å². The molecule has 0 saturated carbocycles. The Morgan fingerprint density at radius 1 is 1.41 bits per heavy atom. The van der Waals surface area contributed by atoms with E-state index in [-0.39, 0.29) is 0 Å². The average molecular weight is 233 g/mol. The van der Waals surface area contributed by atoms with Crippen molar-refractivity contribution in [1.82, 2.24) is 10.1 Å². The van der Waals surface area contributed by atoms with Crippen LogP contribution in [0.4, 0.5) is 5.88 Å². The van der Waals surface area contributed by atoms with Crippen molar-refractivity contribution in [3.63, 3.8) is 0 Å². The second-order valence-electron chi connectivity index (χ2n) is 3.53. The molecular formula is C12H15N3O2.